The Morgan fingerprint density at radius 3 is 2.55 bits per heavy atom. The Kier molecular flexibility index (Phi) is 3.39. The maximum absolute atomic E-state index is 12.3. The summed E-state index contributed by atoms with van der Waals surface area (Å²) < 4.78 is 25.3. The van der Waals surface area contributed by atoms with Gasteiger partial charge in [0.2, 0.25) is 0 Å². The summed E-state index contributed by atoms with van der Waals surface area (Å²) in [5.74, 6) is -1.87. The van der Waals surface area contributed by atoms with Crippen molar-refractivity contribution in [2.24, 2.45) is 0 Å². The molecule has 0 fully saturated rings. The van der Waals surface area contributed by atoms with Gasteiger partial charge in [-0.25, -0.2) is 17.5 Å². The zero-order valence-electron chi connectivity index (χ0n) is 11.0. The van der Waals surface area contributed by atoms with Gasteiger partial charge >= 0.3 is 5.97 Å². The van der Waals surface area contributed by atoms with Crippen molar-refractivity contribution in [1.29, 1.82) is 0 Å². The molecule has 1 amide bonds. The summed E-state index contributed by atoms with van der Waals surface area (Å²) in [5, 5.41) is 8.89. The molecule has 106 valence electrons. The van der Waals surface area contributed by atoms with Crippen LogP contribution < -0.4 is 0 Å². The lowest BCUT2D eigenvalue weighted by Gasteiger charge is -2.12. The maximum atomic E-state index is 12.3. The zero-order valence-corrected chi connectivity index (χ0v) is 11.8. The zero-order chi connectivity index (χ0) is 15.1. The summed E-state index contributed by atoms with van der Waals surface area (Å²) in [6.45, 7) is 3.53. The van der Waals surface area contributed by atoms with Crippen molar-refractivity contribution >= 4 is 21.9 Å². The molecule has 0 saturated heterocycles. The summed E-state index contributed by atoms with van der Waals surface area (Å²) in [7, 11) is -3.97. The first kappa shape index (κ1) is 14.3. The number of fused-ring (bicyclic) bond motifs is 1. The van der Waals surface area contributed by atoms with Crippen LogP contribution in [0.1, 0.15) is 34.6 Å². The average molecular weight is 295 g/mol. The smallest absolute Gasteiger partial charge is 0.335 e. The van der Waals surface area contributed by atoms with Gasteiger partial charge in [0, 0.05) is 0 Å². The molecule has 2 rings (SSSR count). The number of amides is 1. The van der Waals surface area contributed by atoms with Crippen LogP contribution in [0.5, 0.6) is 0 Å². The van der Waals surface area contributed by atoms with Crippen molar-refractivity contribution in [1.82, 2.24) is 4.31 Å². The molecule has 0 spiro atoms. The molecule has 7 heteroatoms. The molecule has 0 bridgehead atoms. The number of carbonyl (C=O) groups excluding carboxylic acids is 1. The van der Waals surface area contributed by atoms with Crippen LogP contribution >= 0.6 is 0 Å². The number of sulfonamides is 1. The van der Waals surface area contributed by atoms with E-state index in [1.807, 2.05) is 0 Å². The van der Waals surface area contributed by atoms with E-state index >= 15 is 0 Å². The van der Waals surface area contributed by atoms with Crippen molar-refractivity contribution in [3.63, 3.8) is 0 Å². The highest BCUT2D eigenvalue weighted by molar-refractivity contribution is 7.90. The second-order valence-electron chi connectivity index (χ2n) is 4.64. The van der Waals surface area contributed by atoms with E-state index < -0.39 is 21.9 Å². The van der Waals surface area contributed by atoms with E-state index in [4.69, 9.17) is 5.11 Å². The van der Waals surface area contributed by atoms with Crippen LogP contribution in [0.15, 0.2) is 34.7 Å². The molecule has 1 N–H and O–H groups in total. The van der Waals surface area contributed by atoms with Crippen LogP contribution in [-0.2, 0) is 10.0 Å². The largest absolute Gasteiger partial charge is 0.478 e. The molecule has 0 aliphatic carbocycles. The highest BCUT2D eigenvalue weighted by Gasteiger charge is 2.40. The Bertz CT molecular complexity index is 729. The number of hydrogen-bond acceptors (Lipinski definition) is 4. The van der Waals surface area contributed by atoms with Crippen molar-refractivity contribution in [2.45, 2.75) is 18.7 Å². The normalized spacial score (nSPS) is 15.9. The number of aromatic carboxylic acids is 1. The predicted molar refractivity (Wildman–Crippen MR) is 71.1 cm³/mol. The van der Waals surface area contributed by atoms with E-state index in [-0.39, 0.29) is 22.6 Å². The molecule has 0 saturated carbocycles. The van der Waals surface area contributed by atoms with Gasteiger partial charge < -0.3 is 5.11 Å². The quantitative estimate of drug-likeness (QED) is 0.853. The van der Waals surface area contributed by atoms with E-state index in [0.29, 0.717) is 0 Å². The number of hydrogen-bond donors (Lipinski definition) is 1. The second-order valence-corrected chi connectivity index (χ2v) is 6.47. The number of allylic oxidation sites excluding steroid dienone is 1. The van der Waals surface area contributed by atoms with Gasteiger partial charge in [-0.2, -0.15) is 0 Å². The number of benzene rings is 1. The van der Waals surface area contributed by atoms with Crippen LogP contribution in [-0.4, -0.2) is 36.3 Å². The topological polar surface area (TPSA) is 91.8 Å². The maximum Gasteiger partial charge on any atom is 0.335 e. The van der Waals surface area contributed by atoms with Gasteiger partial charge in [0.1, 0.15) is 4.90 Å². The van der Waals surface area contributed by atoms with Crippen molar-refractivity contribution in [2.75, 3.05) is 6.54 Å². The Balaban J connectivity index is 2.54. The van der Waals surface area contributed by atoms with E-state index in [9.17, 15) is 18.0 Å². The molecule has 1 aromatic carbocycles. The third-order valence-electron chi connectivity index (χ3n) is 2.92. The number of carboxylic acid groups (broad SMARTS) is 1. The van der Waals surface area contributed by atoms with Crippen LogP contribution in [0.3, 0.4) is 0 Å². The molecule has 0 aromatic heterocycles. The minimum Gasteiger partial charge on any atom is -0.478 e. The highest BCUT2D eigenvalue weighted by Crippen LogP contribution is 2.31. The third-order valence-corrected chi connectivity index (χ3v) is 4.71. The van der Waals surface area contributed by atoms with Crippen molar-refractivity contribution in [3.05, 3.63) is 41.0 Å². The van der Waals surface area contributed by atoms with E-state index in [1.165, 1.54) is 12.1 Å². The lowest BCUT2D eigenvalue weighted by atomic mass is 10.1. The first-order valence-electron chi connectivity index (χ1n) is 5.83. The number of carbonyl (C=O) groups is 2. The standard InChI is InChI=1S/C13H13NO5S/c1-8(2)5-6-14-12(15)10-4-3-9(13(16)17)7-11(10)20(14,18)19/h3-5,7H,6H2,1-2H3,(H,16,17). The van der Waals surface area contributed by atoms with Gasteiger partial charge in [-0.1, -0.05) is 11.6 Å². The Hall–Kier alpha value is -2.15. The van der Waals surface area contributed by atoms with Crippen molar-refractivity contribution in [3.8, 4) is 0 Å². The van der Waals surface area contributed by atoms with Gasteiger partial charge in [-0.15, -0.1) is 0 Å². The SMILES string of the molecule is CC(C)=CCN1C(=O)c2ccc(C(=O)O)cc2S1(=O)=O. The molecule has 0 atom stereocenters. The van der Waals surface area contributed by atoms with Crippen LogP contribution in [0.2, 0.25) is 0 Å². The minimum atomic E-state index is -3.97. The average Bonchev–Trinajstić information content (AvgIpc) is 2.55. The molecule has 1 heterocycles. The van der Waals surface area contributed by atoms with Crippen LogP contribution in [0.4, 0.5) is 0 Å². The molecule has 20 heavy (non-hydrogen) atoms. The fourth-order valence-corrected chi connectivity index (χ4v) is 3.39. The predicted octanol–water partition coefficient (Wildman–Crippen LogP) is 1.50. The van der Waals surface area contributed by atoms with Crippen molar-refractivity contribution < 1.29 is 23.1 Å². The fraction of sp³-hybridized carbons (Fsp3) is 0.231. The molecular weight excluding hydrogens is 282 g/mol. The fourth-order valence-electron chi connectivity index (χ4n) is 1.85. The molecular formula is C13H13NO5S. The number of rotatable bonds is 3. The number of carboxylic acids is 1. The summed E-state index contributed by atoms with van der Waals surface area (Å²) >= 11 is 0. The Labute approximate surface area is 116 Å². The lowest BCUT2D eigenvalue weighted by molar-refractivity contribution is 0.0695. The lowest BCUT2D eigenvalue weighted by Crippen LogP contribution is -2.30. The molecule has 1 aliphatic heterocycles. The van der Waals surface area contributed by atoms with Crippen LogP contribution in [0, 0.1) is 0 Å². The second kappa shape index (κ2) is 4.75. The first-order chi connectivity index (χ1) is 9.25. The molecule has 0 unspecified atom stereocenters. The van der Waals surface area contributed by atoms with E-state index in [1.54, 1.807) is 19.9 Å². The molecule has 6 nitrogen and oxygen atoms in total. The summed E-state index contributed by atoms with van der Waals surface area (Å²) in [6.07, 6.45) is 1.62. The molecule has 0 radical (unpaired) electrons. The molecule has 1 aromatic rings. The number of nitrogens with zero attached hydrogens (tertiary/aromatic N) is 1. The molecule has 1 aliphatic rings. The summed E-state index contributed by atoms with van der Waals surface area (Å²) in [6, 6.07) is 3.48. The van der Waals surface area contributed by atoms with Gasteiger partial charge in [-0.3, -0.25) is 4.79 Å². The minimum absolute atomic E-state index is 0.0113. The summed E-state index contributed by atoms with van der Waals surface area (Å²) in [5.41, 5.74) is 0.733. The van der Waals surface area contributed by atoms with E-state index in [0.717, 1.165) is 15.9 Å². The summed E-state index contributed by atoms with van der Waals surface area (Å²) in [4.78, 5) is 22.7. The third kappa shape index (κ3) is 2.20. The van der Waals surface area contributed by atoms with E-state index in [2.05, 4.69) is 0 Å². The highest BCUT2D eigenvalue weighted by atomic mass is 32.2. The van der Waals surface area contributed by atoms with Gasteiger partial charge in [-0.05, 0) is 32.0 Å². The van der Waals surface area contributed by atoms with Gasteiger partial charge in [0.15, 0.2) is 0 Å². The monoisotopic (exact) mass is 295 g/mol. The van der Waals surface area contributed by atoms with Gasteiger partial charge in [0.25, 0.3) is 15.9 Å². The Morgan fingerprint density at radius 1 is 1.35 bits per heavy atom. The van der Waals surface area contributed by atoms with Gasteiger partial charge in [0.05, 0.1) is 17.7 Å². The van der Waals surface area contributed by atoms with Crippen LogP contribution in [0.25, 0.3) is 0 Å². The first-order valence-corrected chi connectivity index (χ1v) is 7.27. The Morgan fingerprint density at radius 2 is 2.00 bits per heavy atom.